The van der Waals surface area contributed by atoms with E-state index < -0.39 is 11.4 Å². The number of aliphatic carboxylic acids is 1. The third-order valence-electron chi connectivity index (χ3n) is 2.93. The fourth-order valence-electron chi connectivity index (χ4n) is 1.84. The number of carbonyl (C=O) groups is 1. The standard InChI is InChI=1S/C11H21NO3/c1-9(2)15-7-6-12-5-4-11(3,8-12)10(13)14/h9H,4-8H2,1-3H3,(H,13,14). The van der Waals surface area contributed by atoms with Crippen LogP contribution < -0.4 is 0 Å². The lowest BCUT2D eigenvalue weighted by Crippen LogP contribution is -2.33. The average Bonchev–Trinajstić information content (AvgIpc) is 2.48. The molecule has 1 saturated heterocycles. The Labute approximate surface area is 91.2 Å². The molecule has 0 spiro atoms. The van der Waals surface area contributed by atoms with Crippen LogP contribution in [0.1, 0.15) is 27.2 Å². The molecule has 88 valence electrons. The van der Waals surface area contributed by atoms with Gasteiger partial charge in [0.25, 0.3) is 0 Å². The Hall–Kier alpha value is -0.610. The first-order valence-corrected chi connectivity index (χ1v) is 5.51. The van der Waals surface area contributed by atoms with Crippen LogP contribution in [0.2, 0.25) is 0 Å². The molecule has 0 aromatic carbocycles. The van der Waals surface area contributed by atoms with E-state index in [9.17, 15) is 4.79 Å². The molecule has 0 saturated carbocycles. The first kappa shape index (κ1) is 12.5. The van der Waals surface area contributed by atoms with E-state index in [1.165, 1.54) is 0 Å². The lowest BCUT2D eigenvalue weighted by atomic mass is 9.90. The van der Waals surface area contributed by atoms with E-state index in [0.29, 0.717) is 13.2 Å². The summed E-state index contributed by atoms with van der Waals surface area (Å²) < 4.78 is 5.44. The van der Waals surface area contributed by atoms with Crippen molar-refractivity contribution in [2.45, 2.75) is 33.3 Å². The molecule has 0 radical (unpaired) electrons. The molecular formula is C11H21NO3. The summed E-state index contributed by atoms with van der Waals surface area (Å²) in [6.45, 7) is 8.86. The van der Waals surface area contributed by atoms with Gasteiger partial charge in [-0.05, 0) is 33.7 Å². The van der Waals surface area contributed by atoms with Gasteiger partial charge in [-0.2, -0.15) is 0 Å². The minimum atomic E-state index is -0.685. The summed E-state index contributed by atoms with van der Waals surface area (Å²) in [6, 6.07) is 0. The second-order valence-corrected chi connectivity index (χ2v) is 4.81. The molecule has 1 aliphatic heterocycles. The van der Waals surface area contributed by atoms with E-state index >= 15 is 0 Å². The number of carboxylic acids is 1. The predicted octanol–water partition coefficient (Wildman–Crippen LogP) is 1.21. The number of hydrogen-bond donors (Lipinski definition) is 1. The zero-order valence-corrected chi connectivity index (χ0v) is 9.82. The molecule has 1 aliphatic rings. The summed E-state index contributed by atoms with van der Waals surface area (Å²) in [6.07, 6.45) is 0.989. The van der Waals surface area contributed by atoms with Crippen molar-refractivity contribution in [3.05, 3.63) is 0 Å². The molecule has 0 amide bonds. The molecule has 1 N–H and O–H groups in total. The first-order chi connectivity index (χ1) is 6.94. The van der Waals surface area contributed by atoms with Crippen molar-refractivity contribution in [3.63, 3.8) is 0 Å². The van der Waals surface area contributed by atoms with Crippen LogP contribution in [0.3, 0.4) is 0 Å². The van der Waals surface area contributed by atoms with Crippen molar-refractivity contribution in [1.82, 2.24) is 4.90 Å². The molecule has 0 aromatic heterocycles. The Morgan fingerprint density at radius 2 is 2.27 bits per heavy atom. The quantitative estimate of drug-likeness (QED) is 0.749. The van der Waals surface area contributed by atoms with Gasteiger partial charge in [0.1, 0.15) is 0 Å². The second-order valence-electron chi connectivity index (χ2n) is 4.81. The van der Waals surface area contributed by atoms with E-state index in [-0.39, 0.29) is 6.10 Å². The third kappa shape index (κ3) is 3.47. The maximum Gasteiger partial charge on any atom is 0.310 e. The maximum atomic E-state index is 11.0. The highest BCUT2D eigenvalue weighted by Gasteiger charge is 2.39. The molecule has 0 aromatic rings. The first-order valence-electron chi connectivity index (χ1n) is 5.51. The van der Waals surface area contributed by atoms with E-state index in [4.69, 9.17) is 9.84 Å². The molecule has 1 rings (SSSR count). The van der Waals surface area contributed by atoms with Crippen molar-refractivity contribution in [1.29, 1.82) is 0 Å². The van der Waals surface area contributed by atoms with Crippen molar-refractivity contribution in [2.24, 2.45) is 5.41 Å². The van der Waals surface area contributed by atoms with Crippen molar-refractivity contribution < 1.29 is 14.6 Å². The number of hydrogen-bond acceptors (Lipinski definition) is 3. The zero-order chi connectivity index (χ0) is 11.5. The summed E-state index contributed by atoms with van der Waals surface area (Å²) in [5.41, 5.74) is -0.558. The smallest absolute Gasteiger partial charge is 0.310 e. The summed E-state index contributed by atoms with van der Waals surface area (Å²) in [5.74, 6) is -0.685. The molecule has 1 atom stereocenters. The van der Waals surface area contributed by atoms with Gasteiger partial charge in [0, 0.05) is 13.1 Å². The van der Waals surface area contributed by atoms with Crippen molar-refractivity contribution in [2.75, 3.05) is 26.2 Å². The van der Waals surface area contributed by atoms with Crippen molar-refractivity contribution in [3.8, 4) is 0 Å². The normalized spacial score (nSPS) is 27.5. The fourth-order valence-corrected chi connectivity index (χ4v) is 1.84. The van der Waals surface area contributed by atoms with Gasteiger partial charge >= 0.3 is 5.97 Å². The minimum Gasteiger partial charge on any atom is -0.481 e. The van der Waals surface area contributed by atoms with Crippen LogP contribution in [-0.2, 0) is 9.53 Å². The van der Waals surface area contributed by atoms with Crippen LogP contribution in [-0.4, -0.2) is 48.3 Å². The number of rotatable bonds is 5. The highest BCUT2D eigenvalue weighted by atomic mass is 16.5. The predicted molar refractivity (Wildman–Crippen MR) is 57.9 cm³/mol. The molecule has 1 fully saturated rings. The van der Waals surface area contributed by atoms with Crippen LogP contribution >= 0.6 is 0 Å². The maximum absolute atomic E-state index is 11.0. The summed E-state index contributed by atoms with van der Waals surface area (Å²) in [7, 11) is 0. The molecule has 0 bridgehead atoms. The second kappa shape index (κ2) is 4.94. The van der Waals surface area contributed by atoms with Crippen LogP contribution in [0.15, 0.2) is 0 Å². The average molecular weight is 215 g/mol. The van der Waals surface area contributed by atoms with Gasteiger partial charge in [0.05, 0.1) is 18.1 Å². The SMILES string of the molecule is CC(C)OCCN1CCC(C)(C(=O)O)C1. The van der Waals surface area contributed by atoms with Gasteiger partial charge in [-0.25, -0.2) is 0 Å². The van der Waals surface area contributed by atoms with Gasteiger partial charge in [-0.15, -0.1) is 0 Å². The van der Waals surface area contributed by atoms with E-state index in [0.717, 1.165) is 19.5 Å². The minimum absolute atomic E-state index is 0.249. The monoisotopic (exact) mass is 215 g/mol. The summed E-state index contributed by atoms with van der Waals surface area (Å²) >= 11 is 0. The molecule has 1 unspecified atom stereocenters. The Morgan fingerprint density at radius 3 is 2.73 bits per heavy atom. The Balaban J connectivity index is 2.28. The zero-order valence-electron chi connectivity index (χ0n) is 9.82. The van der Waals surface area contributed by atoms with E-state index in [1.807, 2.05) is 20.8 Å². The van der Waals surface area contributed by atoms with Crippen LogP contribution in [0.4, 0.5) is 0 Å². The number of carboxylic acid groups (broad SMARTS) is 1. The lowest BCUT2D eigenvalue weighted by molar-refractivity contribution is -0.147. The van der Waals surface area contributed by atoms with E-state index in [2.05, 4.69) is 4.90 Å². The highest BCUT2D eigenvalue weighted by molar-refractivity contribution is 5.74. The van der Waals surface area contributed by atoms with Gasteiger partial charge < -0.3 is 9.84 Å². The number of likely N-dealkylation sites (tertiary alicyclic amines) is 1. The van der Waals surface area contributed by atoms with Crippen LogP contribution in [0, 0.1) is 5.41 Å². The Kier molecular flexibility index (Phi) is 4.11. The molecule has 0 aliphatic carbocycles. The topological polar surface area (TPSA) is 49.8 Å². The Morgan fingerprint density at radius 1 is 1.60 bits per heavy atom. The Bertz CT molecular complexity index is 230. The fraction of sp³-hybridized carbons (Fsp3) is 0.909. The highest BCUT2D eigenvalue weighted by Crippen LogP contribution is 2.29. The van der Waals surface area contributed by atoms with Gasteiger partial charge in [0.15, 0.2) is 0 Å². The molecule has 4 heteroatoms. The largest absolute Gasteiger partial charge is 0.481 e. The number of nitrogens with zero attached hydrogens (tertiary/aromatic N) is 1. The molecular weight excluding hydrogens is 194 g/mol. The van der Waals surface area contributed by atoms with Gasteiger partial charge in [-0.1, -0.05) is 0 Å². The lowest BCUT2D eigenvalue weighted by Gasteiger charge is -2.20. The van der Waals surface area contributed by atoms with Crippen LogP contribution in [0.25, 0.3) is 0 Å². The molecule has 1 heterocycles. The van der Waals surface area contributed by atoms with Crippen molar-refractivity contribution >= 4 is 5.97 Å². The van der Waals surface area contributed by atoms with Gasteiger partial charge in [-0.3, -0.25) is 9.69 Å². The van der Waals surface area contributed by atoms with E-state index in [1.54, 1.807) is 0 Å². The third-order valence-corrected chi connectivity index (χ3v) is 2.93. The number of ether oxygens (including phenoxy) is 1. The van der Waals surface area contributed by atoms with Gasteiger partial charge in [0.2, 0.25) is 0 Å². The van der Waals surface area contributed by atoms with Crippen LogP contribution in [0.5, 0.6) is 0 Å². The molecule has 4 nitrogen and oxygen atoms in total. The summed E-state index contributed by atoms with van der Waals surface area (Å²) in [5, 5.41) is 9.05. The summed E-state index contributed by atoms with van der Waals surface area (Å²) in [4.78, 5) is 13.2. The molecule has 15 heavy (non-hydrogen) atoms.